The molecule has 4 heterocycles. The lowest BCUT2D eigenvalue weighted by Gasteiger charge is -2.15. The molecule has 1 unspecified atom stereocenters. The molecule has 0 saturated carbocycles. The van der Waals surface area contributed by atoms with Crippen LogP contribution in [-0.4, -0.2) is 38.2 Å². The van der Waals surface area contributed by atoms with Crippen molar-refractivity contribution in [3.05, 3.63) is 65.2 Å². The van der Waals surface area contributed by atoms with Gasteiger partial charge in [-0.05, 0) is 38.0 Å². The summed E-state index contributed by atoms with van der Waals surface area (Å²) >= 11 is 8.26. The van der Waals surface area contributed by atoms with E-state index in [0.717, 1.165) is 69.3 Å². The standard InChI is InChI=1S/C25H25ClN4O2S/c1-16-11-19(22-8-9-28-30(22)2)18-6-3-7-23(25(18)29-16)32-14-20-21(26)12-27-13-24(20)33-15-17-5-4-10-31-17/h3,6-9,11-13,17H,4-5,10,14-15H2,1-2H3. The van der Waals surface area contributed by atoms with Crippen molar-refractivity contribution in [3.8, 4) is 17.0 Å². The van der Waals surface area contributed by atoms with Gasteiger partial charge in [0.15, 0.2) is 0 Å². The lowest BCUT2D eigenvalue weighted by atomic mass is 10.0. The van der Waals surface area contributed by atoms with Gasteiger partial charge in [0.25, 0.3) is 0 Å². The lowest BCUT2D eigenvalue weighted by Crippen LogP contribution is -2.08. The molecule has 6 nitrogen and oxygen atoms in total. The zero-order valence-corrected chi connectivity index (χ0v) is 20.2. The summed E-state index contributed by atoms with van der Waals surface area (Å²) in [6.45, 7) is 3.18. The van der Waals surface area contributed by atoms with Gasteiger partial charge in [0, 0.05) is 65.1 Å². The molecule has 1 fully saturated rings. The molecule has 8 heteroatoms. The first kappa shape index (κ1) is 22.2. The van der Waals surface area contributed by atoms with Gasteiger partial charge in [-0.2, -0.15) is 5.10 Å². The van der Waals surface area contributed by atoms with E-state index in [4.69, 9.17) is 26.1 Å². The highest BCUT2D eigenvalue weighted by molar-refractivity contribution is 7.99. The van der Waals surface area contributed by atoms with Gasteiger partial charge in [-0.1, -0.05) is 23.7 Å². The van der Waals surface area contributed by atoms with Crippen molar-refractivity contribution in [1.82, 2.24) is 19.7 Å². The summed E-state index contributed by atoms with van der Waals surface area (Å²) in [4.78, 5) is 10.1. The summed E-state index contributed by atoms with van der Waals surface area (Å²) in [6.07, 6.45) is 7.85. The molecule has 1 aromatic carbocycles. The van der Waals surface area contributed by atoms with Crippen molar-refractivity contribution >= 4 is 34.3 Å². The highest BCUT2D eigenvalue weighted by atomic mass is 35.5. The summed E-state index contributed by atoms with van der Waals surface area (Å²) < 4.78 is 13.9. The van der Waals surface area contributed by atoms with E-state index in [-0.39, 0.29) is 0 Å². The number of pyridine rings is 2. The van der Waals surface area contributed by atoms with Crippen LogP contribution in [0.1, 0.15) is 24.1 Å². The van der Waals surface area contributed by atoms with Gasteiger partial charge in [0.2, 0.25) is 0 Å². The quantitative estimate of drug-likeness (QED) is 0.309. The minimum atomic E-state index is 0.290. The van der Waals surface area contributed by atoms with Gasteiger partial charge in [-0.25, -0.2) is 4.98 Å². The summed E-state index contributed by atoms with van der Waals surface area (Å²) in [5, 5.41) is 5.95. The van der Waals surface area contributed by atoms with Crippen LogP contribution in [-0.2, 0) is 18.4 Å². The number of hydrogen-bond acceptors (Lipinski definition) is 6. The van der Waals surface area contributed by atoms with Gasteiger partial charge >= 0.3 is 0 Å². The molecule has 0 N–H and O–H groups in total. The zero-order chi connectivity index (χ0) is 22.8. The fourth-order valence-corrected chi connectivity index (χ4v) is 5.51. The number of fused-ring (bicyclic) bond motifs is 1. The number of benzene rings is 1. The number of aryl methyl sites for hydroxylation is 2. The maximum absolute atomic E-state index is 6.53. The Balaban J connectivity index is 1.44. The normalized spacial score (nSPS) is 15.9. The maximum Gasteiger partial charge on any atom is 0.146 e. The van der Waals surface area contributed by atoms with Crippen LogP contribution in [0.25, 0.3) is 22.2 Å². The Morgan fingerprint density at radius 1 is 1.27 bits per heavy atom. The second kappa shape index (κ2) is 9.71. The topological polar surface area (TPSA) is 62.1 Å². The van der Waals surface area contributed by atoms with Crippen LogP contribution in [0.4, 0.5) is 0 Å². The van der Waals surface area contributed by atoms with Gasteiger partial charge in [-0.3, -0.25) is 9.67 Å². The molecule has 3 aromatic heterocycles. The number of hydrogen-bond donors (Lipinski definition) is 0. The predicted octanol–water partition coefficient (Wildman–Crippen LogP) is 5.84. The Morgan fingerprint density at radius 3 is 2.97 bits per heavy atom. The van der Waals surface area contributed by atoms with Crippen LogP contribution in [0.15, 0.2) is 53.8 Å². The third-order valence-corrected chi connectivity index (χ3v) is 7.34. The highest BCUT2D eigenvalue weighted by Gasteiger charge is 2.18. The molecule has 0 aliphatic carbocycles. The monoisotopic (exact) mass is 480 g/mol. The van der Waals surface area contributed by atoms with Crippen LogP contribution < -0.4 is 4.74 Å². The van der Waals surface area contributed by atoms with Crippen LogP contribution in [0.3, 0.4) is 0 Å². The Bertz CT molecular complexity index is 1290. The fourth-order valence-electron chi connectivity index (χ4n) is 4.13. The van der Waals surface area contributed by atoms with E-state index in [1.54, 1.807) is 24.2 Å². The van der Waals surface area contributed by atoms with Crippen molar-refractivity contribution in [2.45, 2.75) is 37.4 Å². The molecule has 0 bridgehead atoms. The molecule has 1 aliphatic heterocycles. The number of nitrogens with zero attached hydrogens (tertiary/aromatic N) is 4. The first-order chi connectivity index (χ1) is 16.1. The number of para-hydroxylation sites is 1. The molecule has 33 heavy (non-hydrogen) atoms. The molecule has 1 aliphatic rings. The van der Waals surface area contributed by atoms with E-state index in [0.29, 0.717) is 17.7 Å². The predicted molar refractivity (Wildman–Crippen MR) is 132 cm³/mol. The summed E-state index contributed by atoms with van der Waals surface area (Å²) in [6, 6.07) is 10.1. The van der Waals surface area contributed by atoms with E-state index >= 15 is 0 Å². The number of rotatable bonds is 7. The Morgan fingerprint density at radius 2 is 2.18 bits per heavy atom. The molecular weight excluding hydrogens is 456 g/mol. The summed E-state index contributed by atoms with van der Waals surface area (Å²) in [5.74, 6) is 1.61. The Labute approximate surface area is 202 Å². The number of halogens is 1. The first-order valence-electron chi connectivity index (χ1n) is 11.0. The second-order valence-corrected chi connectivity index (χ2v) is 9.61. The van der Waals surface area contributed by atoms with Gasteiger partial charge in [0.05, 0.1) is 16.8 Å². The van der Waals surface area contributed by atoms with Crippen molar-refractivity contribution in [1.29, 1.82) is 0 Å². The van der Waals surface area contributed by atoms with Crippen LogP contribution >= 0.6 is 23.4 Å². The molecule has 1 saturated heterocycles. The SMILES string of the molecule is Cc1cc(-c2ccnn2C)c2cccc(OCc3c(Cl)cncc3SCC3CCCO3)c2n1. The van der Waals surface area contributed by atoms with E-state index in [1.165, 1.54) is 0 Å². The Kier molecular flexibility index (Phi) is 6.53. The van der Waals surface area contributed by atoms with E-state index in [2.05, 4.69) is 22.2 Å². The largest absolute Gasteiger partial charge is 0.487 e. The van der Waals surface area contributed by atoms with Crippen molar-refractivity contribution in [3.63, 3.8) is 0 Å². The van der Waals surface area contributed by atoms with E-state index < -0.39 is 0 Å². The highest BCUT2D eigenvalue weighted by Crippen LogP contribution is 2.35. The van der Waals surface area contributed by atoms with Crippen molar-refractivity contribution in [2.75, 3.05) is 12.4 Å². The van der Waals surface area contributed by atoms with Crippen LogP contribution in [0, 0.1) is 6.92 Å². The molecule has 5 rings (SSSR count). The molecule has 0 spiro atoms. The third-order valence-electron chi connectivity index (χ3n) is 5.81. The average Bonchev–Trinajstić information content (AvgIpc) is 3.48. The summed E-state index contributed by atoms with van der Waals surface area (Å²) in [5.41, 5.74) is 4.80. The summed E-state index contributed by atoms with van der Waals surface area (Å²) in [7, 11) is 1.94. The van der Waals surface area contributed by atoms with Crippen LogP contribution in [0.2, 0.25) is 5.02 Å². The molecular formula is C25H25ClN4O2S. The molecule has 0 radical (unpaired) electrons. The second-order valence-electron chi connectivity index (χ2n) is 8.14. The van der Waals surface area contributed by atoms with Crippen molar-refractivity contribution in [2.24, 2.45) is 7.05 Å². The van der Waals surface area contributed by atoms with Gasteiger partial charge in [0.1, 0.15) is 17.9 Å². The molecule has 1 atom stereocenters. The number of aromatic nitrogens is 4. The number of thioether (sulfide) groups is 1. The fraction of sp³-hybridized carbons (Fsp3) is 0.320. The lowest BCUT2D eigenvalue weighted by molar-refractivity contribution is 0.129. The van der Waals surface area contributed by atoms with E-state index in [1.807, 2.05) is 43.0 Å². The minimum absolute atomic E-state index is 0.290. The maximum atomic E-state index is 6.53. The number of ether oxygens (including phenoxy) is 2. The zero-order valence-electron chi connectivity index (χ0n) is 18.6. The molecule has 0 amide bonds. The Hall–Kier alpha value is -2.61. The third kappa shape index (κ3) is 4.71. The minimum Gasteiger partial charge on any atom is -0.487 e. The van der Waals surface area contributed by atoms with Gasteiger partial charge < -0.3 is 9.47 Å². The average molecular weight is 481 g/mol. The van der Waals surface area contributed by atoms with E-state index in [9.17, 15) is 0 Å². The van der Waals surface area contributed by atoms with Crippen molar-refractivity contribution < 1.29 is 9.47 Å². The molecule has 170 valence electrons. The molecule has 4 aromatic rings. The van der Waals surface area contributed by atoms with Gasteiger partial charge in [-0.15, -0.1) is 11.8 Å². The first-order valence-corrected chi connectivity index (χ1v) is 12.3. The smallest absolute Gasteiger partial charge is 0.146 e. The van der Waals surface area contributed by atoms with Crippen LogP contribution in [0.5, 0.6) is 5.75 Å².